The van der Waals surface area contributed by atoms with Gasteiger partial charge >= 0.3 is 0 Å². The lowest BCUT2D eigenvalue weighted by atomic mass is 9.87. The molecule has 0 radical (unpaired) electrons. The van der Waals surface area contributed by atoms with E-state index in [1.165, 1.54) is 15.4 Å². The summed E-state index contributed by atoms with van der Waals surface area (Å²) in [6.45, 7) is 12.9. The van der Waals surface area contributed by atoms with Crippen LogP contribution in [-0.2, 0) is 5.41 Å². The molecule has 2 aromatic rings. The zero-order chi connectivity index (χ0) is 16.4. The summed E-state index contributed by atoms with van der Waals surface area (Å²) in [5.41, 5.74) is 1.41. The highest BCUT2D eigenvalue weighted by molar-refractivity contribution is 7.99. The van der Waals surface area contributed by atoms with Gasteiger partial charge in [0.2, 0.25) is 0 Å². The number of rotatable bonds is 3. The van der Waals surface area contributed by atoms with E-state index < -0.39 is 0 Å². The van der Waals surface area contributed by atoms with Crippen LogP contribution in [0.1, 0.15) is 47.1 Å². The first-order valence-corrected chi connectivity index (χ1v) is 8.53. The van der Waals surface area contributed by atoms with Crippen LogP contribution in [0.2, 0.25) is 0 Å². The predicted molar refractivity (Wildman–Crippen MR) is 96.1 cm³/mol. The third kappa shape index (κ3) is 5.10. The van der Waals surface area contributed by atoms with Gasteiger partial charge in [0.05, 0.1) is 0 Å². The summed E-state index contributed by atoms with van der Waals surface area (Å²) in [6, 6.07) is 17.1. The highest BCUT2D eigenvalue weighted by atomic mass is 32.2. The molecule has 2 rings (SSSR count). The van der Waals surface area contributed by atoms with E-state index in [0.29, 0.717) is 0 Å². The van der Waals surface area contributed by atoms with E-state index in [1.54, 1.807) is 11.8 Å². The van der Waals surface area contributed by atoms with E-state index in [2.05, 4.69) is 77.9 Å². The molecule has 22 heavy (non-hydrogen) atoms. The summed E-state index contributed by atoms with van der Waals surface area (Å²) in [4.78, 5) is 2.49. The molecule has 0 amide bonds. The van der Waals surface area contributed by atoms with Crippen LogP contribution in [0.3, 0.4) is 0 Å². The molecule has 1 nitrogen and oxygen atoms in total. The lowest BCUT2D eigenvalue weighted by molar-refractivity contribution is 0.131. The molecule has 2 aromatic carbocycles. The fraction of sp³-hybridized carbons (Fsp3) is 0.400. The third-order valence-corrected chi connectivity index (χ3v) is 4.22. The molecule has 0 saturated heterocycles. The summed E-state index contributed by atoms with van der Waals surface area (Å²) in [7, 11) is 0. The first kappa shape index (κ1) is 17.0. The van der Waals surface area contributed by atoms with Crippen LogP contribution in [0, 0.1) is 0 Å². The van der Waals surface area contributed by atoms with Gasteiger partial charge in [-0.3, -0.25) is 0 Å². The minimum Gasteiger partial charge on any atom is -0.488 e. The highest BCUT2D eigenvalue weighted by Crippen LogP contribution is 2.31. The van der Waals surface area contributed by atoms with Crippen LogP contribution in [-0.4, -0.2) is 5.60 Å². The maximum atomic E-state index is 5.85. The third-order valence-electron chi connectivity index (χ3n) is 3.20. The molecule has 0 aromatic heterocycles. The fourth-order valence-electron chi connectivity index (χ4n) is 2.09. The maximum absolute atomic E-state index is 5.85. The number of ether oxygens (including phenoxy) is 1. The van der Waals surface area contributed by atoms with Crippen LogP contribution in [0.25, 0.3) is 0 Å². The molecule has 2 heteroatoms. The second-order valence-corrected chi connectivity index (χ2v) is 8.71. The van der Waals surface area contributed by atoms with E-state index >= 15 is 0 Å². The van der Waals surface area contributed by atoms with Gasteiger partial charge in [-0.05, 0) is 68.1 Å². The number of hydrogen-bond donors (Lipinski definition) is 0. The Morgan fingerprint density at radius 3 is 1.55 bits per heavy atom. The van der Waals surface area contributed by atoms with Crippen molar-refractivity contribution in [2.75, 3.05) is 0 Å². The van der Waals surface area contributed by atoms with Crippen LogP contribution in [0.15, 0.2) is 58.3 Å². The lowest BCUT2D eigenvalue weighted by Crippen LogP contribution is -2.22. The first-order chi connectivity index (χ1) is 10.1. The molecular formula is C20H26OS. The predicted octanol–water partition coefficient (Wildman–Crippen LogP) is 6.31. The van der Waals surface area contributed by atoms with Gasteiger partial charge in [0.25, 0.3) is 0 Å². The van der Waals surface area contributed by atoms with Crippen LogP contribution in [0.4, 0.5) is 0 Å². The monoisotopic (exact) mass is 314 g/mol. The largest absolute Gasteiger partial charge is 0.488 e. The van der Waals surface area contributed by atoms with Crippen LogP contribution >= 0.6 is 11.8 Å². The van der Waals surface area contributed by atoms with Gasteiger partial charge in [-0.2, -0.15) is 0 Å². The second-order valence-electron chi connectivity index (χ2n) is 7.56. The van der Waals surface area contributed by atoms with Crippen molar-refractivity contribution in [1.29, 1.82) is 0 Å². The molecule has 0 unspecified atom stereocenters. The zero-order valence-electron chi connectivity index (χ0n) is 14.4. The Kier molecular flexibility index (Phi) is 4.91. The van der Waals surface area contributed by atoms with Crippen molar-refractivity contribution < 1.29 is 4.74 Å². The van der Waals surface area contributed by atoms with E-state index in [9.17, 15) is 0 Å². The minimum atomic E-state index is -0.155. The average molecular weight is 314 g/mol. The van der Waals surface area contributed by atoms with Crippen molar-refractivity contribution in [2.45, 2.75) is 62.3 Å². The average Bonchev–Trinajstić information content (AvgIpc) is 2.39. The van der Waals surface area contributed by atoms with Crippen molar-refractivity contribution in [1.82, 2.24) is 0 Å². The highest BCUT2D eigenvalue weighted by Gasteiger charge is 2.13. The topological polar surface area (TPSA) is 9.23 Å². The van der Waals surface area contributed by atoms with E-state index in [-0.39, 0.29) is 11.0 Å². The molecule has 118 valence electrons. The summed E-state index contributed by atoms with van der Waals surface area (Å²) in [6.07, 6.45) is 0. The first-order valence-electron chi connectivity index (χ1n) is 7.71. The van der Waals surface area contributed by atoms with Gasteiger partial charge in [-0.1, -0.05) is 44.7 Å². The van der Waals surface area contributed by atoms with Crippen LogP contribution < -0.4 is 4.74 Å². The van der Waals surface area contributed by atoms with Gasteiger partial charge < -0.3 is 4.74 Å². The number of hydrogen-bond acceptors (Lipinski definition) is 2. The standard InChI is InChI=1S/C20H26OS/c1-19(2,3)15-7-11-17(12-8-15)22-18-13-9-16(10-14-18)21-20(4,5)6/h7-14H,1-6H3. The van der Waals surface area contributed by atoms with Crippen molar-refractivity contribution in [3.63, 3.8) is 0 Å². The Hall–Kier alpha value is -1.41. The van der Waals surface area contributed by atoms with Crippen LogP contribution in [0.5, 0.6) is 5.75 Å². The Bertz CT molecular complexity index is 598. The van der Waals surface area contributed by atoms with Crippen molar-refractivity contribution >= 4 is 11.8 Å². The molecule has 0 aliphatic rings. The Morgan fingerprint density at radius 1 is 0.682 bits per heavy atom. The molecule has 0 aliphatic heterocycles. The fourth-order valence-corrected chi connectivity index (χ4v) is 2.90. The molecule has 0 atom stereocenters. The zero-order valence-corrected chi connectivity index (χ0v) is 15.3. The van der Waals surface area contributed by atoms with E-state index in [0.717, 1.165) is 5.75 Å². The molecule has 0 spiro atoms. The maximum Gasteiger partial charge on any atom is 0.120 e. The van der Waals surface area contributed by atoms with Gasteiger partial charge in [0.15, 0.2) is 0 Å². The molecule has 0 saturated carbocycles. The summed E-state index contributed by atoms with van der Waals surface area (Å²) >= 11 is 1.78. The summed E-state index contributed by atoms with van der Waals surface area (Å²) in [5, 5.41) is 0. The van der Waals surface area contributed by atoms with Crippen molar-refractivity contribution in [3.05, 3.63) is 54.1 Å². The molecule has 0 heterocycles. The second kappa shape index (κ2) is 6.37. The molecule has 0 N–H and O–H groups in total. The Labute approximate surface area is 139 Å². The van der Waals surface area contributed by atoms with Gasteiger partial charge in [0, 0.05) is 9.79 Å². The van der Waals surface area contributed by atoms with Crippen molar-refractivity contribution in [2.24, 2.45) is 0 Å². The Morgan fingerprint density at radius 2 is 1.14 bits per heavy atom. The minimum absolute atomic E-state index is 0.155. The molecule has 0 bridgehead atoms. The molecular weight excluding hydrogens is 288 g/mol. The SMILES string of the molecule is CC(C)(C)Oc1ccc(Sc2ccc(C(C)(C)C)cc2)cc1. The summed E-state index contributed by atoms with van der Waals surface area (Å²) < 4.78 is 5.85. The smallest absolute Gasteiger partial charge is 0.120 e. The van der Waals surface area contributed by atoms with E-state index in [4.69, 9.17) is 4.74 Å². The summed E-state index contributed by atoms with van der Waals surface area (Å²) in [5.74, 6) is 0.917. The van der Waals surface area contributed by atoms with E-state index in [1.807, 2.05) is 12.1 Å². The quantitative estimate of drug-likeness (QED) is 0.656. The number of benzene rings is 2. The lowest BCUT2D eigenvalue weighted by Gasteiger charge is -2.21. The normalized spacial score (nSPS) is 12.3. The van der Waals surface area contributed by atoms with Gasteiger partial charge in [-0.15, -0.1) is 0 Å². The van der Waals surface area contributed by atoms with Gasteiger partial charge in [-0.25, -0.2) is 0 Å². The van der Waals surface area contributed by atoms with Gasteiger partial charge in [0.1, 0.15) is 11.4 Å². The van der Waals surface area contributed by atoms with Crippen molar-refractivity contribution in [3.8, 4) is 5.75 Å². The molecule has 0 fully saturated rings. The Balaban J connectivity index is 2.05. The molecule has 0 aliphatic carbocycles.